The first kappa shape index (κ1) is 66.0. The molecule has 0 amide bonds. The summed E-state index contributed by atoms with van der Waals surface area (Å²) in [6.07, 6.45) is 21.8. The monoisotopic (exact) mass is 1090 g/mol. The predicted molar refractivity (Wildman–Crippen MR) is 322 cm³/mol. The maximum atomic E-state index is 12.6. The fraction of sp³-hybridized carbons (Fsp3) is 0.587. The number of unbranched alkanes of at least 4 members (excludes halogenated alkanes) is 1. The lowest BCUT2D eigenvalue weighted by Crippen LogP contribution is -2.41. The zero-order valence-corrected chi connectivity index (χ0v) is 50.7. The van der Waals surface area contributed by atoms with Gasteiger partial charge in [-0.05, 0) is 161 Å². The first-order chi connectivity index (χ1) is 36.9. The molecule has 3 aromatic heterocycles. The summed E-state index contributed by atoms with van der Waals surface area (Å²) in [5, 5.41) is 16.1. The second kappa shape index (κ2) is 36.0. The molecule has 2 aliphatic rings. The highest BCUT2D eigenvalue weighted by Gasteiger charge is 2.28. The number of hydrogen-bond donors (Lipinski definition) is 0. The average Bonchev–Trinajstić information content (AvgIpc) is 4.24. The SMILES string of the molecule is C#CC(C)(C)C.CCC.CCCC.CCCN(CCc1cccs1)[C@H]1CCc2c(cccc2OC(=O)CCN=[N+]=[N-])C1.CCCN(CCc1cccs1)[C@H]1CCc2c(cccc2OC(=O)CCn2cc(C(C)(C)C)nn2)C1. The van der Waals surface area contributed by atoms with Gasteiger partial charge in [-0.15, -0.1) is 40.1 Å². The van der Waals surface area contributed by atoms with Crippen molar-refractivity contribution in [2.45, 2.75) is 203 Å². The quantitative estimate of drug-likeness (QED) is 0.0177. The number of carbonyl (C=O) groups excluding carboxylic acids is 2. The molecule has 0 spiro atoms. The van der Waals surface area contributed by atoms with Crippen LogP contribution < -0.4 is 9.47 Å². The molecule has 2 aromatic carbocycles. The van der Waals surface area contributed by atoms with Gasteiger partial charge in [-0.3, -0.25) is 24.1 Å². The topological polar surface area (TPSA) is 139 Å². The molecule has 422 valence electrons. The van der Waals surface area contributed by atoms with E-state index >= 15 is 0 Å². The van der Waals surface area contributed by atoms with Crippen LogP contribution in [0.2, 0.25) is 0 Å². The van der Waals surface area contributed by atoms with Gasteiger partial charge in [0, 0.05) is 63.4 Å². The Bertz CT molecular complexity index is 2510. The lowest BCUT2D eigenvalue weighted by Gasteiger charge is -2.35. The fourth-order valence-electron chi connectivity index (χ4n) is 8.76. The van der Waals surface area contributed by atoms with Crippen LogP contribution in [0.3, 0.4) is 0 Å². The molecule has 2 aliphatic carbocycles. The van der Waals surface area contributed by atoms with Gasteiger partial charge in [0.05, 0.1) is 25.1 Å². The van der Waals surface area contributed by atoms with E-state index in [1.807, 2.05) is 73.9 Å². The fourth-order valence-corrected chi connectivity index (χ4v) is 10.2. The van der Waals surface area contributed by atoms with Crippen LogP contribution in [0.15, 0.2) is 82.7 Å². The number of azide groups is 1. The van der Waals surface area contributed by atoms with Gasteiger partial charge >= 0.3 is 11.9 Å². The highest BCUT2D eigenvalue weighted by molar-refractivity contribution is 7.10. The van der Waals surface area contributed by atoms with Crippen molar-refractivity contribution >= 4 is 34.6 Å². The van der Waals surface area contributed by atoms with Gasteiger partial charge in [-0.2, -0.15) is 0 Å². The normalized spacial score (nSPS) is 14.5. The number of terminal acetylenes is 1. The van der Waals surface area contributed by atoms with E-state index in [4.69, 9.17) is 21.4 Å². The summed E-state index contributed by atoms with van der Waals surface area (Å²) in [4.78, 5) is 35.5. The van der Waals surface area contributed by atoms with Gasteiger partial charge in [0.25, 0.3) is 0 Å². The number of ether oxygens (including phenoxy) is 2. The molecule has 0 unspecified atom stereocenters. The van der Waals surface area contributed by atoms with Gasteiger partial charge in [-0.1, -0.05) is 128 Å². The average molecular weight is 1090 g/mol. The van der Waals surface area contributed by atoms with Gasteiger partial charge in [0.2, 0.25) is 0 Å². The summed E-state index contributed by atoms with van der Waals surface area (Å²) in [6.45, 7) is 30.4. The number of esters is 2. The summed E-state index contributed by atoms with van der Waals surface area (Å²) in [5.74, 6) is 3.41. The van der Waals surface area contributed by atoms with Crippen LogP contribution in [0.25, 0.3) is 10.4 Å². The maximum Gasteiger partial charge on any atom is 0.313 e. The molecule has 0 aliphatic heterocycles. The molecule has 12 nitrogen and oxygen atoms in total. The molecule has 0 fully saturated rings. The molecule has 2 atom stereocenters. The van der Waals surface area contributed by atoms with Crippen LogP contribution in [-0.2, 0) is 60.1 Å². The summed E-state index contributed by atoms with van der Waals surface area (Å²) in [5.41, 5.74) is 14.2. The number of nitrogens with zero attached hydrogens (tertiary/aromatic N) is 8. The van der Waals surface area contributed by atoms with E-state index < -0.39 is 0 Å². The van der Waals surface area contributed by atoms with Crippen LogP contribution in [0.5, 0.6) is 11.5 Å². The molecule has 14 heteroatoms. The van der Waals surface area contributed by atoms with E-state index in [-0.39, 0.29) is 42.2 Å². The standard InChI is InChI=1S/C28H38N4O2S.C22H28N4O2S.C6H10.C4H10.C3H8/c1-5-15-31(16-13-23-9-7-18-35-23)22-11-12-24-21(19-22)8-6-10-25(24)34-27(33)14-17-32-20-26(29-30-32)28(2,3)4;1-2-13-26(14-11-19-6-4-15-29-19)18-8-9-20-17(16-18)5-3-7-21(20)28-22(27)10-12-24-25-23;1-5-6(2,3)4;1-3-4-2;1-3-2/h6-10,18,20,22H,5,11-17,19H2,1-4H3;3-7,15,18H,2,8-14,16H2,1H3;1H,2-4H3;3-4H2,1-2H3;3H2,1-2H3/t22-;18-;;;/m00.../s1. The Hall–Kier alpha value is -5.29. The number of hydrogen-bond acceptors (Lipinski definition) is 11. The van der Waals surface area contributed by atoms with Gasteiger partial charge in [0.15, 0.2) is 0 Å². The Morgan fingerprint density at radius 2 is 1.19 bits per heavy atom. The van der Waals surface area contributed by atoms with E-state index in [1.54, 1.807) is 4.68 Å². The van der Waals surface area contributed by atoms with Crippen LogP contribution in [0, 0.1) is 17.8 Å². The summed E-state index contributed by atoms with van der Waals surface area (Å²) in [6, 6.07) is 21.9. The molecular formula is C63H94N8O4S2. The number of rotatable bonds is 21. The number of fused-ring (bicyclic) bond motifs is 2. The highest BCUT2D eigenvalue weighted by atomic mass is 32.1. The lowest BCUT2D eigenvalue weighted by molar-refractivity contribution is -0.135. The van der Waals surface area contributed by atoms with Crippen molar-refractivity contribution in [2.75, 3.05) is 32.7 Å². The minimum atomic E-state index is -0.350. The molecular weight excluding hydrogens is 997 g/mol. The smallest absolute Gasteiger partial charge is 0.313 e. The third kappa shape index (κ3) is 24.9. The summed E-state index contributed by atoms with van der Waals surface area (Å²) >= 11 is 3.68. The first-order valence-corrected chi connectivity index (χ1v) is 30.2. The maximum absolute atomic E-state index is 12.6. The largest absolute Gasteiger partial charge is 0.426 e. The van der Waals surface area contributed by atoms with Crippen LogP contribution in [-0.4, -0.2) is 81.5 Å². The third-order valence-corrected chi connectivity index (χ3v) is 14.9. The molecule has 3 heterocycles. The van der Waals surface area contributed by atoms with Crippen molar-refractivity contribution in [1.82, 2.24) is 24.8 Å². The Balaban J connectivity index is 0.000000334. The van der Waals surface area contributed by atoms with Gasteiger partial charge in [-0.25, -0.2) is 0 Å². The molecule has 77 heavy (non-hydrogen) atoms. The first-order valence-electron chi connectivity index (χ1n) is 28.5. The van der Waals surface area contributed by atoms with E-state index in [2.05, 4.69) is 146 Å². The Morgan fingerprint density at radius 3 is 1.57 bits per heavy atom. The van der Waals surface area contributed by atoms with Crippen molar-refractivity contribution in [3.63, 3.8) is 0 Å². The molecule has 5 aromatic rings. The zero-order chi connectivity index (χ0) is 56.6. The van der Waals surface area contributed by atoms with Crippen molar-refractivity contribution in [2.24, 2.45) is 10.5 Å². The van der Waals surface area contributed by atoms with Gasteiger partial charge in [0.1, 0.15) is 11.5 Å². The Labute approximate surface area is 472 Å². The number of carbonyl (C=O) groups is 2. The second-order valence-corrected chi connectivity index (χ2v) is 24.0. The zero-order valence-electron chi connectivity index (χ0n) is 49.1. The number of aromatic nitrogens is 3. The molecule has 0 saturated carbocycles. The van der Waals surface area contributed by atoms with Crippen molar-refractivity contribution in [3.05, 3.63) is 126 Å². The Kier molecular flexibility index (Phi) is 30.8. The third-order valence-electron chi connectivity index (χ3n) is 13.0. The highest BCUT2D eigenvalue weighted by Crippen LogP contribution is 2.34. The lowest BCUT2D eigenvalue weighted by atomic mass is 9.86. The van der Waals surface area contributed by atoms with E-state index in [9.17, 15) is 9.59 Å². The van der Waals surface area contributed by atoms with Crippen molar-refractivity contribution < 1.29 is 19.1 Å². The molecule has 0 saturated heterocycles. The minimum absolute atomic E-state index is 0.0591. The van der Waals surface area contributed by atoms with Crippen LogP contribution in [0.4, 0.5) is 0 Å². The number of thiophene rings is 2. The second-order valence-electron chi connectivity index (χ2n) is 21.9. The van der Waals surface area contributed by atoms with Crippen LogP contribution in [0.1, 0.15) is 179 Å². The van der Waals surface area contributed by atoms with Crippen LogP contribution >= 0.6 is 22.7 Å². The molecule has 7 rings (SSSR count). The summed E-state index contributed by atoms with van der Waals surface area (Å²) < 4.78 is 13.1. The van der Waals surface area contributed by atoms with Crippen molar-refractivity contribution in [3.8, 4) is 23.8 Å². The van der Waals surface area contributed by atoms with E-state index in [0.29, 0.717) is 24.4 Å². The molecule has 0 bridgehead atoms. The Morgan fingerprint density at radius 1 is 0.727 bits per heavy atom. The number of benzene rings is 2. The minimum Gasteiger partial charge on any atom is -0.426 e. The summed E-state index contributed by atoms with van der Waals surface area (Å²) in [7, 11) is 0. The van der Waals surface area contributed by atoms with Gasteiger partial charge < -0.3 is 9.47 Å². The predicted octanol–water partition coefficient (Wildman–Crippen LogP) is 15.5. The van der Waals surface area contributed by atoms with E-state index in [0.717, 1.165) is 107 Å². The molecule has 0 radical (unpaired) electrons. The number of aryl methyl sites for hydroxylation is 1. The van der Waals surface area contributed by atoms with Crippen molar-refractivity contribution in [1.29, 1.82) is 0 Å². The van der Waals surface area contributed by atoms with E-state index in [1.165, 1.54) is 45.7 Å². The molecule has 0 N–H and O–H groups in total.